The zero-order valence-corrected chi connectivity index (χ0v) is 22.0. The molecule has 2 amide bonds. The summed E-state index contributed by atoms with van der Waals surface area (Å²) >= 11 is 0. The van der Waals surface area contributed by atoms with Gasteiger partial charge in [0.1, 0.15) is 6.04 Å². The second-order valence-electron chi connectivity index (χ2n) is 10.2. The number of carbonyl (C=O) groups is 3. The molecule has 8 nitrogen and oxygen atoms in total. The summed E-state index contributed by atoms with van der Waals surface area (Å²) in [6.07, 6.45) is 3.31. The minimum absolute atomic E-state index is 0. The van der Waals surface area contributed by atoms with Crippen molar-refractivity contribution in [3.05, 3.63) is 0 Å². The molecule has 0 aliphatic carbocycles. The van der Waals surface area contributed by atoms with Gasteiger partial charge in [0, 0.05) is 15.6 Å². The van der Waals surface area contributed by atoms with E-state index in [1.807, 2.05) is 41.5 Å². The first-order valence-corrected chi connectivity index (χ1v) is 12.5. The first-order chi connectivity index (χ1) is 15.5. The molecule has 0 spiro atoms. The number of methoxy groups -OCH3 is 1. The average Bonchev–Trinajstić information content (AvgIpc) is 2.76. The minimum Gasteiger partial charge on any atom is -0.481 e. The third kappa shape index (κ3) is 8.25. The molecule has 8 heteroatoms. The van der Waals surface area contributed by atoms with Crippen LogP contribution in [-0.4, -0.2) is 84.2 Å². The minimum atomic E-state index is -0.967. The van der Waals surface area contributed by atoms with E-state index >= 15 is 0 Å². The molecule has 1 fully saturated rings. The van der Waals surface area contributed by atoms with E-state index in [0.29, 0.717) is 0 Å². The molecule has 0 aromatic carbocycles. The van der Waals surface area contributed by atoms with Crippen LogP contribution in [0.4, 0.5) is 0 Å². The number of aliphatic carboxylic acids is 1. The van der Waals surface area contributed by atoms with Crippen LogP contribution >= 0.6 is 0 Å². The largest absolute Gasteiger partial charge is 0.481 e. The molecule has 5 atom stereocenters. The molecule has 1 aliphatic rings. The van der Waals surface area contributed by atoms with Crippen molar-refractivity contribution in [1.82, 2.24) is 15.1 Å². The number of nitrogens with zero attached hydrogens (tertiary/aromatic N) is 2. The first kappa shape index (κ1) is 29.4. The molecule has 0 saturated carbocycles. The normalized spacial score (nSPS) is 19.6. The van der Waals surface area contributed by atoms with E-state index in [-0.39, 0.29) is 43.5 Å². The number of piperidine rings is 1. The van der Waals surface area contributed by atoms with Crippen LogP contribution in [0.25, 0.3) is 0 Å². The number of nitrogens with one attached hydrogen (secondary N) is 1. The SMILES string of the molecule is CC[C@H](C)[C@@H]([C@@H](CC(=O)O)OC)N(C)C(=O)[C@@H](NC(=O)[C@H](C(C)C)N1CCCCC1)C(C)C.[HH]. The number of hydrogen-bond donors (Lipinski definition) is 2. The van der Waals surface area contributed by atoms with Crippen molar-refractivity contribution in [2.24, 2.45) is 17.8 Å². The van der Waals surface area contributed by atoms with Crippen LogP contribution in [0.5, 0.6) is 0 Å². The number of carboxylic acids is 1. The zero-order chi connectivity index (χ0) is 25.3. The van der Waals surface area contributed by atoms with Crippen molar-refractivity contribution in [3.8, 4) is 0 Å². The maximum Gasteiger partial charge on any atom is 0.306 e. The Balaban J connectivity index is 0.0000109. The molecular weight excluding hydrogens is 422 g/mol. The van der Waals surface area contributed by atoms with Crippen molar-refractivity contribution >= 4 is 17.8 Å². The average molecular weight is 472 g/mol. The van der Waals surface area contributed by atoms with Gasteiger partial charge in [0.15, 0.2) is 0 Å². The molecule has 0 bridgehead atoms. The summed E-state index contributed by atoms with van der Waals surface area (Å²) in [5.41, 5.74) is 0. The van der Waals surface area contributed by atoms with Gasteiger partial charge >= 0.3 is 5.97 Å². The molecular formula is C25H49N3O5. The quantitative estimate of drug-likeness (QED) is 0.428. The highest BCUT2D eigenvalue weighted by Crippen LogP contribution is 2.24. The Morgan fingerprint density at radius 3 is 2.06 bits per heavy atom. The van der Waals surface area contributed by atoms with Crippen molar-refractivity contribution in [2.45, 2.75) is 97.9 Å². The van der Waals surface area contributed by atoms with E-state index in [4.69, 9.17) is 4.74 Å². The summed E-state index contributed by atoms with van der Waals surface area (Å²) in [6, 6.07) is -1.37. The first-order valence-electron chi connectivity index (χ1n) is 12.5. The highest BCUT2D eigenvalue weighted by Gasteiger charge is 2.39. The van der Waals surface area contributed by atoms with Crippen molar-refractivity contribution < 1.29 is 25.7 Å². The van der Waals surface area contributed by atoms with Crippen LogP contribution in [0.1, 0.15) is 75.1 Å². The predicted octanol–water partition coefficient (Wildman–Crippen LogP) is 3.25. The molecule has 0 aromatic heterocycles. The Morgan fingerprint density at radius 2 is 1.64 bits per heavy atom. The predicted molar refractivity (Wildman–Crippen MR) is 132 cm³/mol. The van der Waals surface area contributed by atoms with Gasteiger partial charge in [0.2, 0.25) is 11.8 Å². The van der Waals surface area contributed by atoms with Crippen molar-refractivity contribution in [3.63, 3.8) is 0 Å². The van der Waals surface area contributed by atoms with E-state index in [1.54, 1.807) is 11.9 Å². The van der Waals surface area contributed by atoms with Crippen LogP contribution in [0.3, 0.4) is 0 Å². The van der Waals surface area contributed by atoms with E-state index in [2.05, 4.69) is 10.2 Å². The second kappa shape index (κ2) is 13.9. The van der Waals surface area contributed by atoms with Crippen LogP contribution in [0, 0.1) is 17.8 Å². The number of likely N-dealkylation sites (N-methyl/N-ethyl adjacent to an activating group) is 1. The fourth-order valence-corrected chi connectivity index (χ4v) is 4.96. The lowest BCUT2D eigenvalue weighted by Crippen LogP contribution is -2.60. The summed E-state index contributed by atoms with van der Waals surface area (Å²) in [5, 5.41) is 12.4. The topological polar surface area (TPSA) is 99.2 Å². The molecule has 33 heavy (non-hydrogen) atoms. The Labute approximate surface area is 201 Å². The molecule has 1 saturated heterocycles. The summed E-state index contributed by atoms with van der Waals surface area (Å²) in [4.78, 5) is 42.3. The van der Waals surface area contributed by atoms with E-state index in [1.165, 1.54) is 13.5 Å². The van der Waals surface area contributed by atoms with Crippen molar-refractivity contribution in [1.29, 1.82) is 0 Å². The summed E-state index contributed by atoms with van der Waals surface area (Å²) in [6.45, 7) is 13.7. The molecule has 1 aliphatic heterocycles. The van der Waals surface area contributed by atoms with Gasteiger partial charge < -0.3 is 20.1 Å². The van der Waals surface area contributed by atoms with E-state index in [0.717, 1.165) is 32.4 Å². The third-order valence-electron chi connectivity index (χ3n) is 7.00. The number of ether oxygens (including phenoxy) is 1. The van der Waals surface area contributed by atoms with Gasteiger partial charge in [0.05, 0.1) is 24.6 Å². The van der Waals surface area contributed by atoms with Gasteiger partial charge in [-0.15, -0.1) is 0 Å². The maximum atomic E-state index is 13.7. The molecule has 1 rings (SSSR count). The molecule has 1 heterocycles. The Morgan fingerprint density at radius 1 is 1.06 bits per heavy atom. The van der Waals surface area contributed by atoms with Crippen LogP contribution in [0.15, 0.2) is 0 Å². The smallest absolute Gasteiger partial charge is 0.306 e. The highest BCUT2D eigenvalue weighted by atomic mass is 16.5. The van der Waals surface area contributed by atoms with E-state index in [9.17, 15) is 19.5 Å². The number of hydrogen-bond acceptors (Lipinski definition) is 5. The van der Waals surface area contributed by atoms with Crippen LogP contribution < -0.4 is 5.32 Å². The molecule has 2 N–H and O–H groups in total. The highest BCUT2D eigenvalue weighted by molar-refractivity contribution is 5.90. The Kier molecular flexibility index (Phi) is 12.4. The Hall–Kier alpha value is -1.67. The Bertz CT molecular complexity index is 640. The number of likely N-dealkylation sites (tertiary alicyclic amines) is 1. The monoisotopic (exact) mass is 471 g/mol. The number of carbonyl (C=O) groups excluding carboxylic acids is 2. The number of rotatable bonds is 13. The fourth-order valence-electron chi connectivity index (χ4n) is 4.96. The fraction of sp³-hybridized carbons (Fsp3) is 0.880. The van der Waals surface area contributed by atoms with Crippen LogP contribution in [0.2, 0.25) is 0 Å². The second-order valence-corrected chi connectivity index (χ2v) is 10.2. The van der Waals surface area contributed by atoms with Gasteiger partial charge in [-0.1, -0.05) is 54.4 Å². The molecule has 0 aromatic rings. The lowest BCUT2D eigenvalue weighted by atomic mass is 9.90. The lowest BCUT2D eigenvalue weighted by molar-refractivity contribution is -0.148. The molecule has 194 valence electrons. The summed E-state index contributed by atoms with van der Waals surface area (Å²) in [5.74, 6) is -1.24. The lowest BCUT2D eigenvalue weighted by Gasteiger charge is -2.40. The number of carboxylic acid groups (broad SMARTS) is 1. The van der Waals surface area contributed by atoms with Crippen LogP contribution in [-0.2, 0) is 19.1 Å². The van der Waals surface area contributed by atoms with Gasteiger partial charge in [-0.25, -0.2) is 0 Å². The zero-order valence-electron chi connectivity index (χ0n) is 22.0. The maximum absolute atomic E-state index is 13.7. The molecule has 0 unspecified atom stereocenters. The standard InChI is InChI=1S/C25H47N3O5.H2/c1-9-18(6)23(19(33-8)15-20(29)30)27(7)25(32)21(16(2)3)26-24(31)22(17(4)5)28-13-11-10-12-14-28;/h16-19,21-23H,9-15H2,1-8H3,(H,26,31)(H,29,30);1H/t18-,19+,21-,22-,23-;/m0./s1. The van der Waals surface area contributed by atoms with Gasteiger partial charge in [0.25, 0.3) is 0 Å². The third-order valence-corrected chi connectivity index (χ3v) is 7.00. The van der Waals surface area contributed by atoms with Crippen molar-refractivity contribution in [2.75, 3.05) is 27.2 Å². The van der Waals surface area contributed by atoms with Gasteiger partial charge in [-0.2, -0.15) is 0 Å². The van der Waals surface area contributed by atoms with Gasteiger partial charge in [-0.05, 0) is 43.7 Å². The number of amides is 2. The van der Waals surface area contributed by atoms with E-state index < -0.39 is 24.2 Å². The van der Waals surface area contributed by atoms with Gasteiger partial charge in [-0.3, -0.25) is 19.3 Å². The summed E-state index contributed by atoms with van der Waals surface area (Å²) in [7, 11) is 3.17. The molecule has 0 radical (unpaired) electrons. The summed E-state index contributed by atoms with van der Waals surface area (Å²) < 4.78 is 5.52.